The van der Waals surface area contributed by atoms with Crippen molar-refractivity contribution in [3.8, 4) is 0 Å². The van der Waals surface area contributed by atoms with E-state index in [1.165, 1.54) is 36.9 Å². The minimum atomic E-state index is 0.720. The van der Waals surface area contributed by atoms with Gasteiger partial charge in [-0.25, -0.2) is 0 Å². The van der Waals surface area contributed by atoms with Gasteiger partial charge in [-0.05, 0) is 55.4 Å². The Hall–Kier alpha value is -0.770. The Morgan fingerprint density at radius 2 is 2.00 bits per heavy atom. The smallest absolute Gasteiger partial charge is 0.0469 e. The molecule has 4 heteroatoms. The normalized spacial score (nSPS) is 19.7. The summed E-state index contributed by atoms with van der Waals surface area (Å²) < 4.78 is 5.45. The fraction of sp³-hybridized carbons (Fsp3) is 0.647. The minimum Gasteiger partial charge on any atom is -0.381 e. The molecule has 0 unspecified atom stereocenters. The first-order valence-corrected chi connectivity index (χ1v) is 8.41. The molecule has 2 fully saturated rings. The van der Waals surface area contributed by atoms with E-state index in [0.29, 0.717) is 0 Å². The molecule has 21 heavy (non-hydrogen) atoms. The summed E-state index contributed by atoms with van der Waals surface area (Å²) >= 11 is 6.18. The van der Waals surface area contributed by atoms with Crippen molar-refractivity contribution >= 4 is 17.3 Å². The van der Waals surface area contributed by atoms with Crippen molar-refractivity contribution in [2.24, 2.45) is 5.92 Å². The number of rotatable bonds is 6. The molecule has 3 nitrogen and oxygen atoms in total. The second-order valence-corrected chi connectivity index (χ2v) is 6.80. The van der Waals surface area contributed by atoms with Crippen molar-refractivity contribution in [2.45, 2.75) is 38.3 Å². The van der Waals surface area contributed by atoms with Crippen molar-refractivity contribution in [1.82, 2.24) is 5.32 Å². The molecular weight excluding hydrogens is 284 g/mol. The molecule has 1 N–H and O–H groups in total. The molecule has 0 spiro atoms. The van der Waals surface area contributed by atoms with Gasteiger partial charge in [0.25, 0.3) is 0 Å². The van der Waals surface area contributed by atoms with E-state index in [0.717, 1.165) is 43.3 Å². The van der Waals surface area contributed by atoms with Gasteiger partial charge in [0, 0.05) is 50.1 Å². The number of hydrogen-bond donors (Lipinski definition) is 1. The van der Waals surface area contributed by atoms with Gasteiger partial charge in [-0.3, -0.25) is 0 Å². The van der Waals surface area contributed by atoms with Gasteiger partial charge in [0.1, 0.15) is 0 Å². The molecule has 1 aliphatic carbocycles. The first-order valence-electron chi connectivity index (χ1n) is 8.03. The topological polar surface area (TPSA) is 24.5 Å². The van der Waals surface area contributed by atoms with Gasteiger partial charge in [-0.2, -0.15) is 0 Å². The largest absolute Gasteiger partial charge is 0.381 e. The lowest BCUT2D eigenvalue weighted by atomic mass is 9.99. The quantitative estimate of drug-likeness (QED) is 0.871. The van der Waals surface area contributed by atoms with E-state index >= 15 is 0 Å². The lowest BCUT2D eigenvalue weighted by Crippen LogP contribution is -2.30. The predicted molar refractivity (Wildman–Crippen MR) is 88.1 cm³/mol. The minimum absolute atomic E-state index is 0.720. The highest BCUT2D eigenvalue weighted by molar-refractivity contribution is 6.30. The van der Waals surface area contributed by atoms with Crippen LogP contribution in [-0.4, -0.2) is 32.8 Å². The van der Waals surface area contributed by atoms with Gasteiger partial charge in [0.05, 0.1) is 0 Å². The number of ether oxygens (including phenoxy) is 1. The molecule has 1 saturated carbocycles. The number of nitrogens with one attached hydrogen (secondary N) is 1. The van der Waals surface area contributed by atoms with E-state index in [1.807, 2.05) is 6.07 Å². The number of halogens is 1. The zero-order chi connectivity index (χ0) is 14.7. The number of nitrogens with zero attached hydrogens (tertiary/aromatic N) is 1. The van der Waals surface area contributed by atoms with Gasteiger partial charge in [-0.1, -0.05) is 11.6 Å². The summed E-state index contributed by atoms with van der Waals surface area (Å²) in [6.07, 6.45) is 4.97. The monoisotopic (exact) mass is 308 g/mol. The first-order chi connectivity index (χ1) is 10.2. The van der Waals surface area contributed by atoms with Crippen LogP contribution in [-0.2, 0) is 11.3 Å². The maximum atomic E-state index is 6.18. The molecule has 0 amide bonds. The molecule has 0 radical (unpaired) electrons. The SMILES string of the molecule is CN(CC1CCOCC1)c1ccc(Cl)cc1CNC1CC1. The fourth-order valence-corrected chi connectivity index (χ4v) is 3.22. The molecule has 3 rings (SSSR count). The summed E-state index contributed by atoms with van der Waals surface area (Å²) in [5, 5.41) is 4.42. The standard InChI is InChI=1S/C17H25ClN2O/c1-20(12-13-6-8-21-9-7-13)17-5-2-15(18)10-14(17)11-19-16-3-4-16/h2,5,10,13,16,19H,3-4,6-9,11-12H2,1H3. The lowest BCUT2D eigenvalue weighted by Gasteiger charge is -2.30. The molecule has 1 heterocycles. The van der Waals surface area contributed by atoms with Crippen LogP contribution in [0, 0.1) is 5.92 Å². The Kier molecular flexibility index (Phi) is 5.04. The average Bonchev–Trinajstić information content (AvgIpc) is 3.30. The van der Waals surface area contributed by atoms with Crippen LogP contribution in [0.1, 0.15) is 31.2 Å². The van der Waals surface area contributed by atoms with Gasteiger partial charge < -0.3 is 15.0 Å². The molecule has 0 aromatic heterocycles. The molecule has 2 aliphatic rings. The summed E-state index contributed by atoms with van der Waals surface area (Å²) in [6, 6.07) is 6.98. The van der Waals surface area contributed by atoms with Crippen molar-refractivity contribution in [1.29, 1.82) is 0 Å². The Morgan fingerprint density at radius 3 is 2.71 bits per heavy atom. The molecule has 1 saturated heterocycles. The molecule has 1 aromatic carbocycles. The maximum absolute atomic E-state index is 6.18. The maximum Gasteiger partial charge on any atom is 0.0469 e. The zero-order valence-corrected chi connectivity index (χ0v) is 13.5. The summed E-state index contributed by atoms with van der Waals surface area (Å²) in [7, 11) is 2.19. The number of anilines is 1. The van der Waals surface area contributed by atoms with Crippen molar-refractivity contribution in [3.05, 3.63) is 28.8 Å². The third-order valence-electron chi connectivity index (χ3n) is 4.48. The van der Waals surface area contributed by atoms with E-state index in [-0.39, 0.29) is 0 Å². The predicted octanol–water partition coefficient (Wildman–Crippen LogP) is 3.45. The van der Waals surface area contributed by atoms with Gasteiger partial charge >= 0.3 is 0 Å². The van der Waals surface area contributed by atoms with Crippen LogP contribution in [0.4, 0.5) is 5.69 Å². The van der Waals surface area contributed by atoms with Gasteiger partial charge in [0.2, 0.25) is 0 Å². The molecule has 0 bridgehead atoms. The number of hydrogen-bond acceptors (Lipinski definition) is 3. The zero-order valence-electron chi connectivity index (χ0n) is 12.8. The van der Waals surface area contributed by atoms with Gasteiger partial charge in [-0.15, -0.1) is 0 Å². The van der Waals surface area contributed by atoms with Gasteiger partial charge in [0.15, 0.2) is 0 Å². The Morgan fingerprint density at radius 1 is 1.24 bits per heavy atom. The van der Waals surface area contributed by atoms with Crippen molar-refractivity contribution < 1.29 is 4.74 Å². The lowest BCUT2D eigenvalue weighted by molar-refractivity contribution is 0.0685. The Balaban J connectivity index is 1.66. The summed E-state index contributed by atoms with van der Waals surface area (Å²) in [4.78, 5) is 2.39. The second-order valence-electron chi connectivity index (χ2n) is 6.36. The van der Waals surface area contributed by atoms with Crippen LogP contribution >= 0.6 is 11.6 Å². The highest BCUT2D eigenvalue weighted by Gasteiger charge is 2.21. The van der Waals surface area contributed by atoms with Crippen LogP contribution < -0.4 is 10.2 Å². The summed E-state index contributed by atoms with van der Waals surface area (Å²) in [5.74, 6) is 0.740. The Labute approximate surface area is 132 Å². The summed E-state index contributed by atoms with van der Waals surface area (Å²) in [6.45, 7) is 3.84. The van der Waals surface area contributed by atoms with Crippen LogP contribution in [0.5, 0.6) is 0 Å². The molecule has 1 aliphatic heterocycles. The van der Waals surface area contributed by atoms with E-state index < -0.39 is 0 Å². The average molecular weight is 309 g/mol. The summed E-state index contributed by atoms with van der Waals surface area (Å²) in [5.41, 5.74) is 2.61. The number of benzene rings is 1. The second kappa shape index (κ2) is 6.99. The van der Waals surface area contributed by atoms with Crippen LogP contribution in [0.3, 0.4) is 0 Å². The third-order valence-corrected chi connectivity index (χ3v) is 4.72. The molecule has 1 aromatic rings. The molecular formula is C17H25ClN2O. The van der Waals surface area contributed by atoms with E-state index in [1.54, 1.807) is 0 Å². The van der Waals surface area contributed by atoms with Crippen LogP contribution in [0.15, 0.2) is 18.2 Å². The Bertz CT molecular complexity index is 470. The molecule has 0 atom stereocenters. The van der Waals surface area contributed by atoms with E-state index in [9.17, 15) is 0 Å². The van der Waals surface area contributed by atoms with Crippen molar-refractivity contribution in [3.63, 3.8) is 0 Å². The van der Waals surface area contributed by atoms with Crippen molar-refractivity contribution in [2.75, 3.05) is 31.7 Å². The van der Waals surface area contributed by atoms with E-state index in [2.05, 4.69) is 29.4 Å². The van der Waals surface area contributed by atoms with E-state index in [4.69, 9.17) is 16.3 Å². The molecule has 116 valence electrons. The first kappa shape index (κ1) is 15.1. The third kappa shape index (κ3) is 4.35. The fourth-order valence-electron chi connectivity index (χ4n) is 3.02. The highest BCUT2D eigenvalue weighted by Crippen LogP contribution is 2.27. The van der Waals surface area contributed by atoms with Crippen LogP contribution in [0.2, 0.25) is 5.02 Å². The van der Waals surface area contributed by atoms with Crippen LogP contribution in [0.25, 0.3) is 0 Å². The highest BCUT2D eigenvalue weighted by atomic mass is 35.5.